The summed E-state index contributed by atoms with van der Waals surface area (Å²) in [4.78, 5) is 0. The predicted molar refractivity (Wildman–Crippen MR) is 84.0 cm³/mol. The molecule has 0 bridgehead atoms. The van der Waals surface area contributed by atoms with E-state index in [9.17, 15) is 0 Å². The van der Waals surface area contributed by atoms with Gasteiger partial charge in [0.15, 0.2) is 6.10 Å². The Hall–Kier alpha value is -2.42. The lowest BCUT2D eigenvalue weighted by molar-refractivity contribution is 0.182. The van der Waals surface area contributed by atoms with Gasteiger partial charge in [-0.15, -0.1) is 0 Å². The van der Waals surface area contributed by atoms with Gasteiger partial charge < -0.3 is 14.5 Å². The van der Waals surface area contributed by atoms with Crippen LogP contribution in [0.3, 0.4) is 0 Å². The average molecular weight is 279 g/mol. The van der Waals surface area contributed by atoms with E-state index in [4.69, 9.17) is 9.15 Å². The molecule has 4 rings (SSSR count). The minimum Gasteiger partial charge on any atom is -0.478 e. The van der Waals surface area contributed by atoms with E-state index in [2.05, 4.69) is 43.4 Å². The standard InChI is InChI=1S/C18H17NO2/c1-11-7-12(2)18-14(8-11)19-10-17(21-18)16-9-13-5-3-4-6-15(13)20-16/h3-9,17,19H,10H2,1-2H3. The summed E-state index contributed by atoms with van der Waals surface area (Å²) in [6.45, 7) is 4.89. The molecule has 0 saturated carbocycles. The summed E-state index contributed by atoms with van der Waals surface area (Å²) >= 11 is 0. The monoisotopic (exact) mass is 279 g/mol. The fourth-order valence-corrected chi connectivity index (χ4v) is 2.95. The number of furan rings is 1. The fraction of sp³-hybridized carbons (Fsp3) is 0.222. The molecule has 1 N–H and O–H groups in total. The summed E-state index contributed by atoms with van der Waals surface area (Å²) in [6, 6.07) is 14.4. The Labute approximate surface area is 123 Å². The lowest BCUT2D eigenvalue weighted by Gasteiger charge is -2.27. The predicted octanol–water partition coefficient (Wildman–Crippen LogP) is 4.60. The first-order valence-electron chi connectivity index (χ1n) is 7.21. The summed E-state index contributed by atoms with van der Waals surface area (Å²) < 4.78 is 12.1. The largest absolute Gasteiger partial charge is 0.478 e. The maximum absolute atomic E-state index is 6.18. The molecule has 1 aliphatic rings. The van der Waals surface area contributed by atoms with Crippen molar-refractivity contribution < 1.29 is 9.15 Å². The molecule has 1 aliphatic heterocycles. The van der Waals surface area contributed by atoms with Gasteiger partial charge in [0.1, 0.15) is 17.1 Å². The summed E-state index contributed by atoms with van der Waals surface area (Å²) in [7, 11) is 0. The zero-order valence-electron chi connectivity index (χ0n) is 12.1. The van der Waals surface area contributed by atoms with Crippen LogP contribution in [0.2, 0.25) is 0 Å². The van der Waals surface area contributed by atoms with Gasteiger partial charge in [-0.2, -0.15) is 0 Å². The summed E-state index contributed by atoms with van der Waals surface area (Å²) in [5.74, 6) is 1.80. The van der Waals surface area contributed by atoms with E-state index in [0.29, 0.717) is 0 Å². The number of para-hydroxylation sites is 1. The van der Waals surface area contributed by atoms with Gasteiger partial charge in [-0.1, -0.05) is 24.3 Å². The lowest BCUT2D eigenvalue weighted by atomic mass is 10.1. The van der Waals surface area contributed by atoms with Crippen molar-refractivity contribution >= 4 is 16.7 Å². The van der Waals surface area contributed by atoms with Crippen LogP contribution in [0.15, 0.2) is 46.9 Å². The Kier molecular flexibility index (Phi) is 2.67. The first-order chi connectivity index (χ1) is 10.2. The molecule has 0 saturated heterocycles. The van der Waals surface area contributed by atoms with Crippen molar-refractivity contribution in [1.29, 1.82) is 0 Å². The van der Waals surface area contributed by atoms with Crippen LogP contribution in [0, 0.1) is 13.8 Å². The normalized spacial score (nSPS) is 17.1. The van der Waals surface area contributed by atoms with E-state index in [1.54, 1.807) is 0 Å². The molecule has 21 heavy (non-hydrogen) atoms. The molecule has 1 unspecified atom stereocenters. The Morgan fingerprint density at radius 3 is 2.81 bits per heavy atom. The smallest absolute Gasteiger partial charge is 0.173 e. The van der Waals surface area contributed by atoms with Crippen LogP contribution in [-0.4, -0.2) is 6.54 Å². The first-order valence-corrected chi connectivity index (χ1v) is 7.21. The fourth-order valence-electron chi connectivity index (χ4n) is 2.95. The number of hydrogen-bond donors (Lipinski definition) is 1. The van der Waals surface area contributed by atoms with Gasteiger partial charge in [0.25, 0.3) is 0 Å². The van der Waals surface area contributed by atoms with Gasteiger partial charge in [-0.25, -0.2) is 0 Å². The number of fused-ring (bicyclic) bond motifs is 2. The molecule has 1 atom stereocenters. The maximum Gasteiger partial charge on any atom is 0.173 e. The van der Waals surface area contributed by atoms with Gasteiger partial charge >= 0.3 is 0 Å². The lowest BCUT2D eigenvalue weighted by Crippen LogP contribution is -2.23. The molecule has 0 radical (unpaired) electrons. The van der Waals surface area contributed by atoms with Crippen molar-refractivity contribution in [3.63, 3.8) is 0 Å². The quantitative estimate of drug-likeness (QED) is 0.707. The summed E-state index contributed by atoms with van der Waals surface area (Å²) in [6.07, 6.45) is -0.0914. The number of hydrogen-bond acceptors (Lipinski definition) is 3. The van der Waals surface area contributed by atoms with Crippen molar-refractivity contribution in [1.82, 2.24) is 0 Å². The highest BCUT2D eigenvalue weighted by Gasteiger charge is 2.25. The zero-order chi connectivity index (χ0) is 14.4. The van der Waals surface area contributed by atoms with Gasteiger partial charge in [-0.3, -0.25) is 0 Å². The number of ether oxygens (including phenoxy) is 1. The number of anilines is 1. The molecule has 106 valence electrons. The van der Waals surface area contributed by atoms with E-state index in [-0.39, 0.29) is 6.10 Å². The van der Waals surface area contributed by atoms with Crippen LogP contribution in [0.25, 0.3) is 11.0 Å². The molecule has 3 nitrogen and oxygen atoms in total. The van der Waals surface area contributed by atoms with Crippen LogP contribution in [-0.2, 0) is 0 Å². The third kappa shape index (κ3) is 2.05. The topological polar surface area (TPSA) is 34.4 Å². The molecule has 1 aromatic heterocycles. The van der Waals surface area contributed by atoms with Crippen LogP contribution < -0.4 is 10.1 Å². The third-order valence-corrected chi connectivity index (χ3v) is 3.92. The SMILES string of the molecule is Cc1cc(C)c2c(c1)NCC(c1cc3ccccc3o1)O2. The van der Waals surface area contributed by atoms with E-state index >= 15 is 0 Å². The van der Waals surface area contributed by atoms with Gasteiger partial charge in [0, 0.05) is 5.39 Å². The first kappa shape index (κ1) is 12.3. The van der Waals surface area contributed by atoms with Crippen molar-refractivity contribution in [2.24, 2.45) is 0 Å². The third-order valence-electron chi connectivity index (χ3n) is 3.92. The molecular weight excluding hydrogens is 262 g/mol. The van der Waals surface area contributed by atoms with Gasteiger partial charge in [-0.05, 0) is 43.2 Å². The molecule has 0 amide bonds. The zero-order valence-corrected chi connectivity index (χ0v) is 12.1. The number of nitrogens with one attached hydrogen (secondary N) is 1. The van der Waals surface area contributed by atoms with E-state index in [0.717, 1.165) is 40.3 Å². The summed E-state index contributed by atoms with van der Waals surface area (Å²) in [5, 5.41) is 4.57. The van der Waals surface area contributed by atoms with Crippen LogP contribution >= 0.6 is 0 Å². The van der Waals surface area contributed by atoms with Crippen LogP contribution in [0.5, 0.6) is 5.75 Å². The molecule has 0 aliphatic carbocycles. The van der Waals surface area contributed by atoms with E-state index in [1.165, 1.54) is 5.56 Å². The van der Waals surface area contributed by atoms with Gasteiger partial charge in [0.05, 0.1) is 12.2 Å². The van der Waals surface area contributed by atoms with Crippen molar-refractivity contribution in [3.05, 3.63) is 59.4 Å². The molecule has 0 fully saturated rings. The Bertz CT molecular complexity index is 786. The maximum atomic E-state index is 6.18. The van der Waals surface area contributed by atoms with Crippen molar-refractivity contribution in [2.75, 3.05) is 11.9 Å². The second kappa shape index (κ2) is 4.55. The highest BCUT2D eigenvalue weighted by molar-refractivity contribution is 5.78. The second-order valence-corrected chi connectivity index (χ2v) is 5.63. The molecule has 0 spiro atoms. The highest BCUT2D eigenvalue weighted by atomic mass is 16.5. The van der Waals surface area contributed by atoms with Crippen LogP contribution in [0.4, 0.5) is 5.69 Å². The Morgan fingerprint density at radius 1 is 1.10 bits per heavy atom. The number of rotatable bonds is 1. The average Bonchev–Trinajstić information content (AvgIpc) is 2.90. The number of benzene rings is 2. The molecule has 3 heteroatoms. The van der Waals surface area contributed by atoms with Gasteiger partial charge in [0.2, 0.25) is 0 Å². The van der Waals surface area contributed by atoms with E-state index in [1.807, 2.05) is 18.2 Å². The molecule has 3 aromatic rings. The number of aryl methyl sites for hydroxylation is 2. The Balaban J connectivity index is 1.71. The van der Waals surface area contributed by atoms with Crippen LogP contribution in [0.1, 0.15) is 23.0 Å². The molecule has 2 heterocycles. The van der Waals surface area contributed by atoms with E-state index < -0.39 is 0 Å². The summed E-state index contributed by atoms with van der Waals surface area (Å²) in [5.41, 5.74) is 4.37. The minimum absolute atomic E-state index is 0.0914. The highest BCUT2D eigenvalue weighted by Crippen LogP contribution is 2.38. The molecular formula is C18H17NO2. The minimum atomic E-state index is -0.0914. The van der Waals surface area contributed by atoms with Crippen molar-refractivity contribution in [3.8, 4) is 5.75 Å². The second-order valence-electron chi connectivity index (χ2n) is 5.63. The van der Waals surface area contributed by atoms with Crippen molar-refractivity contribution in [2.45, 2.75) is 20.0 Å². The molecule has 2 aromatic carbocycles. The Morgan fingerprint density at radius 2 is 1.95 bits per heavy atom.